The van der Waals surface area contributed by atoms with Crippen molar-refractivity contribution in [3.8, 4) is 0 Å². The largest absolute Gasteiger partial charge is 0.465 e. The molecule has 1 atom stereocenters. The second-order valence-corrected chi connectivity index (χ2v) is 5.28. The molecule has 0 aromatic carbocycles. The number of aryl methyl sites for hydroxylation is 1. The minimum absolute atomic E-state index is 0.224. The lowest BCUT2D eigenvalue weighted by molar-refractivity contribution is 0.126. The molecule has 0 spiro atoms. The lowest BCUT2D eigenvalue weighted by atomic mass is 10.1. The van der Waals surface area contributed by atoms with Crippen LogP contribution in [0.1, 0.15) is 18.4 Å². The number of aromatic nitrogens is 2. The van der Waals surface area contributed by atoms with Crippen LogP contribution in [0.25, 0.3) is 0 Å². The van der Waals surface area contributed by atoms with E-state index < -0.39 is 6.09 Å². The number of carbonyl (C=O) groups is 1. The Balaban J connectivity index is 1.86. The fourth-order valence-electron chi connectivity index (χ4n) is 2.16. The fraction of sp³-hybridized carbons (Fsp3) is 0.636. The summed E-state index contributed by atoms with van der Waals surface area (Å²) >= 11 is 3.47. The van der Waals surface area contributed by atoms with Gasteiger partial charge >= 0.3 is 6.09 Å². The first-order valence-corrected chi connectivity index (χ1v) is 6.75. The summed E-state index contributed by atoms with van der Waals surface area (Å²) in [6.07, 6.45) is 2.92. The van der Waals surface area contributed by atoms with E-state index in [-0.39, 0.29) is 6.04 Å². The number of halogens is 1. The van der Waals surface area contributed by atoms with E-state index >= 15 is 0 Å². The Bertz CT molecular complexity index is 435. The van der Waals surface area contributed by atoms with E-state index in [4.69, 9.17) is 5.11 Å². The topological polar surface area (TPSA) is 70.4 Å². The molecule has 1 fully saturated rings. The van der Waals surface area contributed by atoms with Crippen LogP contribution in [0.15, 0.2) is 10.8 Å². The van der Waals surface area contributed by atoms with Crippen LogP contribution in [-0.2, 0) is 13.6 Å². The molecule has 0 saturated carbocycles. The third-order valence-electron chi connectivity index (χ3n) is 3.21. The van der Waals surface area contributed by atoms with Crippen molar-refractivity contribution in [2.45, 2.75) is 25.4 Å². The summed E-state index contributed by atoms with van der Waals surface area (Å²) in [6, 6.07) is 0.224. The number of likely N-dealkylation sites (tertiary alicyclic amines) is 1. The van der Waals surface area contributed by atoms with Crippen molar-refractivity contribution in [1.82, 2.24) is 20.0 Å². The van der Waals surface area contributed by atoms with Crippen molar-refractivity contribution >= 4 is 22.0 Å². The van der Waals surface area contributed by atoms with Crippen LogP contribution in [0.5, 0.6) is 0 Å². The summed E-state index contributed by atoms with van der Waals surface area (Å²) in [6.45, 7) is 1.91. The van der Waals surface area contributed by atoms with Gasteiger partial charge in [-0.25, -0.2) is 4.79 Å². The fourth-order valence-corrected chi connectivity index (χ4v) is 2.49. The normalized spacial score (nSPS) is 20.1. The lowest BCUT2D eigenvalue weighted by Gasteiger charge is -2.31. The van der Waals surface area contributed by atoms with Gasteiger partial charge in [0.25, 0.3) is 0 Å². The predicted octanol–water partition coefficient (Wildman–Crippen LogP) is 1.41. The third kappa shape index (κ3) is 3.02. The van der Waals surface area contributed by atoms with Crippen molar-refractivity contribution in [3.05, 3.63) is 16.4 Å². The van der Waals surface area contributed by atoms with Gasteiger partial charge in [0.1, 0.15) is 4.60 Å². The Morgan fingerprint density at radius 2 is 2.50 bits per heavy atom. The lowest BCUT2D eigenvalue weighted by Crippen LogP contribution is -2.47. The molecule has 1 aromatic rings. The SMILES string of the molecule is Cn1ncc(CNC2CCCN(C(=O)O)C2)c1Br. The quantitative estimate of drug-likeness (QED) is 0.884. The first-order valence-electron chi connectivity index (χ1n) is 5.95. The van der Waals surface area contributed by atoms with Crippen LogP contribution >= 0.6 is 15.9 Å². The van der Waals surface area contributed by atoms with Crippen LogP contribution < -0.4 is 5.32 Å². The molecule has 100 valence electrons. The molecule has 0 bridgehead atoms. The van der Waals surface area contributed by atoms with Gasteiger partial charge < -0.3 is 15.3 Å². The van der Waals surface area contributed by atoms with Gasteiger partial charge in [0.05, 0.1) is 6.20 Å². The maximum Gasteiger partial charge on any atom is 0.407 e. The van der Waals surface area contributed by atoms with Gasteiger partial charge in [0.15, 0.2) is 0 Å². The second kappa shape index (κ2) is 5.71. The summed E-state index contributed by atoms with van der Waals surface area (Å²) in [7, 11) is 1.88. The monoisotopic (exact) mass is 316 g/mol. The van der Waals surface area contributed by atoms with Crippen molar-refractivity contribution < 1.29 is 9.90 Å². The molecule has 1 aliphatic heterocycles. The zero-order valence-electron chi connectivity index (χ0n) is 10.3. The summed E-state index contributed by atoms with van der Waals surface area (Å²) in [5.74, 6) is 0. The van der Waals surface area contributed by atoms with E-state index in [2.05, 4.69) is 26.3 Å². The van der Waals surface area contributed by atoms with Gasteiger partial charge in [-0.3, -0.25) is 4.68 Å². The Hall–Kier alpha value is -1.08. The number of piperidine rings is 1. The van der Waals surface area contributed by atoms with Gasteiger partial charge in [0.2, 0.25) is 0 Å². The Kier molecular flexibility index (Phi) is 4.23. The molecule has 1 unspecified atom stereocenters. The Labute approximate surface area is 114 Å². The molecule has 1 amide bonds. The predicted molar refractivity (Wildman–Crippen MR) is 70.4 cm³/mol. The summed E-state index contributed by atoms with van der Waals surface area (Å²) < 4.78 is 2.72. The number of nitrogens with one attached hydrogen (secondary N) is 1. The summed E-state index contributed by atoms with van der Waals surface area (Å²) in [5.41, 5.74) is 1.09. The second-order valence-electron chi connectivity index (χ2n) is 4.53. The van der Waals surface area contributed by atoms with E-state index in [9.17, 15) is 4.79 Å². The molecule has 1 aromatic heterocycles. The Morgan fingerprint density at radius 1 is 1.72 bits per heavy atom. The van der Waals surface area contributed by atoms with Crippen molar-refractivity contribution in [2.24, 2.45) is 7.05 Å². The molecule has 2 rings (SSSR count). The minimum atomic E-state index is -0.830. The highest BCUT2D eigenvalue weighted by molar-refractivity contribution is 9.10. The zero-order valence-corrected chi connectivity index (χ0v) is 11.9. The number of nitrogens with zero attached hydrogens (tertiary/aromatic N) is 3. The molecular formula is C11H17BrN4O2. The number of hydrogen-bond donors (Lipinski definition) is 2. The number of rotatable bonds is 3. The molecule has 0 aliphatic carbocycles. The van der Waals surface area contributed by atoms with Gasteiger partial charge in [0, 0.05) is 38.3 Å². The standard InChI is InChI=1S/C11H17BrN4O2/c1-15-10(12)8(6-14-15)5-13-9-3-2-4-16(7-9)11(17)18/h6,9,13H,2-5,7H2,1H3,(H,17,18). The molecule has 2 N–H and O–H groups in total. The third-order valence-corrected chi connectivity index (χ3v) is 4.23. The molecule has 1 saturated heterocycles. The van der Waals surface area contributed by atoms with E-state index in [1.165, 1.54) is 4.90 Å². The van der Waals surface area contributed by atoms with Crippen molar-refractivity contribution in [1.29, 1.82) is 0 Å². The van der Waals surface area contributed by atoms with E-state index in [0.717, 1.165) is 23.0 Å². The molecule has 1 aliphatic rings. The van der Waals surface area contributed by atoms with Gasteiger partial charge in [-0.15, -0.1) is 0 Å². The highest BCUT2D eigenvalue weighted by atomic mass is 79.9. The highest BCUT2D eigenvalue weighted by Crippen LogP contribution is 2.16. The number of carboxylic acid groups (broad SMARTS) is 1. The number of amides is 1. The van der Waals surface area contributed by atoms with Gasteiger partial charge in [-0.2, -0.15) is 5.10 Å². The molecule has 2 heterocycles. The van der Waals surface area contributed by atoms with Crippen LogP contribution in [0, 0.1) is 0 Å². The van der Waals surface area contributed by atoms with Crippen LogP contribution in [0.4, 0.5) is 4.79 Å². The highest BCUT2D eigenvalue weighted by Gasteiger charge is 2.22. The summed E-state index contributed by atoms with van der Waals surface area (Å²) in [4.78, 5) is 12.4. The van der Waals surface area contributed by atoms with Crippen LogP contribution in [-0.4, -0.2) is 45.0 Å². The average Bonchev–Trinajstić information content (AvgIpc) is 2.68. The molecule has 0 radical (unpaired) electrons. The number of hydrogen-bond acceptors (Lipinski definition) is 3. The van der Waals surface area contributed by atoms with Crippen molar-refractivity contribution in [2.75, 3.05) is 13.1 Å². The van der Waals surface area contributed by atoms with Gasteiger partial charge in [-0.1, -0.05) is 0 Å². The molecular weight excluding hydrogens is 300 g/mol. The summed E-state index contributed by atoms with van der Waals surface area (Å²) in [5, 5.41) is 16.5. The van der Waals surface area contributed by atoms with Crippen molar-refractivity contribution in [3.63, 3.8) is 0 Å². The molecule has 6 nitrogen and oxygen atoms in total. The first-order chi connectivity index (χ1) is 8.58. The minimum Gasteiger partial charge on any atom is -0.465 e. The molecule has 18 heavy (non-hydrogen) atoms. The first kappa shape index (κ1) is 13.4. The maximum absolute atomic E-state index is 10.9. The van der Waals surface area contributed by atoms with Crippen LogP contribution in [0.3, 0.4) is 0 Å². The van der Waals surface area contributed by atoms with E-state index in [1.807, 2.05) is 13.2 Å². The molecule has 7 heteroatoms. The maximum atomic E-state index is 10.9. The van der Waals surface area contributed by atoms with E-state index in [1.54, 1.807) is 4.68 Å². The van der Waals surface area contributed by atoms with Gasteiger partial charge in [-0.05, 0) is 28.8 Å². The van der Waals surface area contributed by atoms with E-state index in [0.29, 0.717) is 19.6 Å². The Morgan fingerprint density at radius 3 is 3.11 bits per heavy atom. The smallest absolute Gasteiger partial charge is 0.407 e. The van der Waals surface area contributed by atoms with Crippen LogP contribution in [0.2, 0.25) is 0 Å². The zero-order chi connectivity index (χ0) is 13.1. The average molecular weight is 317 g/mol.